The van der Waals surface area contributed by atoms with Gasteiger partial charge >= 0.3 is 0 Å². The van der Waals surface area contributed by atoms with Gasteiger partial charge in [0.2, 0.25) is 0 Å². The van der Waals surface area contributed by atoms with Gasteiger partial charge in [0.1, 0.15) is 10.7 Å². The van der Waals surface area contributed by atoms with E-state index in [1.807, 2.05) is 4.68 Å². The summed E-state index contributed by atoms with van der Waals surface area (Å²) in [5.41, 5.74) is 7.52. The van der Waals surface area contributed by atoms with Crippen molar-refractivity contribution in [3.05, 3.63) is 11.4 Å². The smallest absolute Gasteiger partial charge is 0.143 e. The highest BCUT2D eigenvalue weighted by Crippen LogP contribution is 2.41. The SMILES string of the molecule is CC(C)Cn1nnc(C(N)=S)c1C1CC1. The third-order valence-corrected chi connectivity index (χ3v) is 2.70. The summed E-state index contributed by atoms with van der Waals surface area (Å²) in [6.45, 7) is 5.22. The molecule has 82 valence electrons. The predicted molar refractivity (Wildman–Crippen MR) is 62.7 cm³/mol. The molecule has 2 N–H and O–H groups in total. The molecule has 1 aliphatic carbocycles. The fraction of sp³-hybridized carbons (Fsp3) is 0.700. The average molecular weight is 224 g/mol. The third-order valence-electron chi connectivity index (χ3n) is 2.51. The average Bonchev–Trinajstić information content (AvgIpc) is 2.87. The van der Waals surface area contributed by atoms with E-state index < -0.39 is 0 Å². The zero-order valence-corrected chi connectivity index (χ0v) is 9.92. The Bertz CT molecular complexity index is 379. The van der Waals surface area contributed by atoms with Crippen LogP contribution in [-0.2, 0) is 6.54 Å². The lowest BCUT2D eigenvalue weighted by Gasteiger charge is -2.08. The maximum absolute atomic E-state index is 5.64. The quantitative estimate of drug-likeness (QED) is 0.786. The molecule has 1 saturated carbocycles. The first-order chi connectivity index (χ1) is 7.09. The van der Waals surface area contributed by atoms with Gasteiger partial charge in [-0.1, -0.05) is 31.3 Å². The summed E-state index contributed by atoms with van der Waals surface area (Å²) < 4.78 is 1.97. The van der Waals surface area contributed by atoms with Crippen molar-refractivity contribution in [2.75, 3.05) is 0 Å². The summed E-state index contributed by atoms with van der Waals surface area (Å²) in [5, 5.41) is 8.21. The molecule has 1 aromatic heterocycles. The molecule has 0 aliphatic heterocycles. The Morgan fingerprint density at radius 1 is 1.60 bits per heavy atom. The van der Waals surface area contributed by atoms with Gasteiger partial charge < -0.3 is 5.73 Å². The van der Waals surface area contributed by atoms with Crippen LogP contribution in [-0.4, -0.2) is 20.0 Å². The number of nitrogens with zero attached hydrogens (tertiary/aromatic N) is 3. The van der Waals surface area contributed by atoms with E-state index >= 15 is 0 Å². The first-order valence-electron chi connectivity index (χ1n) is 5.32. The molecule has 1 heterocycles. The standard InChI is InChI=1S/C10H16N4S/c1-6(2)5-14-9(7-3-4-7)8(10(11)15)12-13-14/h6-7H,3-5H2,1-2H3,(H2,11,15). The molecule has 0 unspecified atom stereocenters. The minimum Gasteiger partial charge on any atom is -0.388 e. The molecular formula is C10H16N4S. The van der Waals surface area contributed by atoms with E-state index in [2.05, 4.69) is 24.2 Å². The minimum atomic E-state index is 0.368. The van der Waals surface area contributed by atoms with E-state index in [0.717, 1.165) is 17.9 Å². The van der Waals surface area contributed by atoms with Crippen LogP contribution in [0.15, 0.2) is 0 Å². The second kappa shape index (κ2) is 3.89. The summed E-state index contributed by atoms with van der Waals surface area (Å²) in [4.78, 5) is 0.368. The van der Waals surface area contributed by atoms with Crippen LogP contribution < -0.4 is 5.73 Å². The highest BCUT2D eigenvalue weighted by atomic mass is 32.1. The molecule has 0 atom stereocenters. The lowest BCUT2D eigenvalue weighted by molar-refractivity contribution is 0.459. The largest absolute Gasteiger partial charge is 0.388 e. The first-order valence-corrected chi connectivity index (χ1v) is 5.73. The van der Waals surface area contributed by atoms with Crippen molar-refractivity contribution < 1.29 is 0 Å². The van der Waals surface area contributed by atoms with Crippen LogP contribution in [0.3, 0.4) is 0 Å². The number of hydrogen-bond donors (Lipinski definition) is 1. The number of nitrogens with two attached hydrogens (primary N) is 1. The molecule has 1 aromatic rings. The zero-order chi connectivity index (χ0) is 11.0. The molecule has 2 rings (SSSR count). The van der Waals surface area contributed by atoms with Crippen molar-refractivity contribution >= 4 is 17.2 Å². The Morgan fingerprint density at radius 2 is 2.27 bits per heavy atom. The van der Waals surface area contributed by atoms with Gasteiger partial charge in [-0.25, -0.2) is 4.68 Å². The van der Waals surface area contributed by atoms with Gasteiger partial charge in [0.05, 0.1) is 5.69 Å². The van der Waals surface area contributed by atoms with Gasteiger partial charge in [-0.15, -0.1) is 5.10 Å². The Morgan fingerprint density at radius 3 is 2.73 bits per heavy atom. The van der Waals surface area contributed by atoms with Crippen molar-refractivity contribution in [2.24, 2.45) is 11.7 Å². The van der Waals surface area contributed by atoms with E-state index in [1.54, 1.807) is 0 Å². The maximum Gasteiger partial charge on any atom is 0.143 e. The fourth-order valence-electron chi connectivity index (χ4n) is 1.74. The summed E-state index contributed by atoms with van der Waals surface area (Å²) in [6.07, 6.45) is 2.42. The Hall–Kier alpha value is -0.970. The normalized spacial score (nSPS) is 15.9. The van der Waals surface area contributed by atoms with E-state index in [-0.39, 0.29) is 0 Å². The van der Waals surface area contributed by atoms with Gasteiger partial charge in [-0.05, 0) is 18.8 Å². The molecule has 4 nitrogen and oxygen atoms in total. The summed E-state index contributed by atoms with van der Waals surface area (Å²) in [7, 11) is 0. The van der Waals surface area contributed by atoms with Crippen LogP contribution in [0.25, 0.3) is 0 Å². The topological polar surface area (TPSA) is 56.7 Å². The van der Waals surface area contributed by atoms with Crippen molar-refractivity contribution in [2.45, 2.75) is 39.2 Å². The van der Waals surface area contributed by atoms with Crippen molar-refractivity contribution in [1.29, 1.82) is 0 Å². The highest BCUT2D eigenvalue weighted by molar-refractivity contribution is 7.80. The molecule has 0 saturated heterocycles. The van der Waals surface area contributed by atoms with Crippen LogP contribution in [0.2, 0.25) is 0 Å². The van der Waals surface area contributed by atoms with Crippen molar-refractivity contribution in [1.82, 2.24) is 15.0 Å². The second-order valence-corrected chi connectivity index (χ2v) is 4.98. The lowest BCUT2D eigenvalue weighted by atomic mass is 10.2. The molecule has 15 heavy (non-hydrogen) atoms. The minimum absolute atomic E-state index is 0.368. The summed E-state index contributed by atoms with van der Waals surface area (Å²) in [5.74, 6) is 1.14. The third kappa shape index (κ3) is 2.17. The van der Waals surface area contributed by atoms with Gasteiger partial charge in [0.25, 0.3) is 0 Å². The van der Waals surface area contributed by atoms with Gasteiger partial charge in [-0.3, -0.25) is 0 Å². The number of rotatable bonds is 4. The Balaban J connectivity index is 2.33. The van der Waals surface area contributed by atoms with Crippen LogP contribution in [0.4, 0.5) is 0 Å². The Labute approximate surface area is 94.8 Å². The first kappa shape index (κ1) is 10.5. The van der Waals surface area contributed by atoms with Crippen LogP contribution in [0.1, 0.15) is 44.0 Å². The number of aromatic nitrogens is 3. The van der Waals surface area contributed by atoms with Crippen molar-refractivity contribution in [3.8, 4) is 0 Å². The van der Waals surface area contributed by atoms with Crippen LogP contribution in [0.5, 0.6) is 0 Å². The summed E-state index contributed by atoms with van der Waals surface area (Å²) in [6, 6.07) is 0. The number of hydrogen-bond acceptors (Lipinski definition) is 3. The fourth-order valence-corrected chi connectivity index (χ4v) is 1.88. The molecule has 0 amide bonds. The van der Waals surface area contributed by atoms with E-state index in [0.29, 0.717) is 16.8 Å². The van der Waals surface area contributed by atoms with Crippen LogP contribution in [0, 0.1) is 5.92 Å². The summed E-state index contributed by atoms with van der Waals surface area (Å²) >= 11 is 4.99. The second-order valence-electron chi connectivity index (χ2n) is 4.54. The molecular weight excluding hydrogens is 208 g/mol. The lowest BCUT2D eigenvalue weighted by Crippen LogP contribution is -2.15. The van der Waals surface area contributed by atoms with E-state index in [9.17, 15) is 0 Å². The molecule has 5 heteroatoms. The molecule has 0 spiro atoms. The molecule has 0 bridgehead atoms. The zero-order valence-electron chi connectivity index (χ0n) is 9.10. The maximum atomic E-state index is 5.64. The number of thiocarbonyl (C=S) groups is 1. The molecule has 0 radical (unpaired) electrons. The molecule has 0 aromatic carbocycles. The molecule has 1 fully saturated rings. The van der Waals surface area contributed by atoms with Gasteiger partial charge in [0, 0.05) is 12.5 Å². The van der Waals surface area contributed by atoms with Crippen LogP contribution >= 0.6 is 12.2 Å². The predicted octanol–water partition coefficient (Wildman–Crippen LogP) is 1.45. The Kier molecular flexibility index (Phi) is 2.73. The van der Waals surface area contributed by atoms with E-state index in [4.69, 9.17) is 18.0 Å². The van der Waals surface area contributed by atoms with Gasteiger partial charge in [-0.2, -0.15) is 0 Å². The molecule has 1 aliphatic rings. The highest BCUT2D eigenvalue weighted by Gasteiger charge is 2.32. The van der Waals surface area contributed by atoms with Crippen molar-refractivity contribution in [3.63, 3.8) is 0 Å². The monoisotopic (exact) mass is 224 g/mol. The van der Waals surface area contributed by atoms with E-state index in [1.165, 1.54) is 12.8 Å². The van der Waals surface area contributed by atoms with Gasteiger partial charge in [0.15, 0.2) is 0 Å².